The van der Waals surface area contributed by atoms with Crippen molar-refractivity contribution in [1.29, 1.82) is 0 Å². The summed E-state index contributed by atoms with van der Waals surface area (Å²) in [5, 5.41) is 5.99. The Morgan fingerprint density at radius 3 is 2.62 bits per heavy atom. The van der Waals surface area contributed by atoms with E-state index in [1.165, 1.54) is 0 Å². The molecule has 29 heavy (non-hydrogen) atoms. The standard InChI is InChI=1S/C22H28N4O3/c1-15(2)11-21(27)25-17-6-3-5-16(12-17)14-24-22(23)26-18-7-8-19-20(13-18)29-10-4-9-28-19/h3,5-8,12-13,15H,4,9-11,14H2,1-2H3,(H,25,27)(H3,23,24,26). The summed E-state index contributed by atoms with van der Waals surface area (Å²) in [4.78, 5) is 16.3. The topological polar surface area (TPSA) is 98.0 Å². The van der Waals surface area contributed by atoms with Crippen molar-refractivity contribution in [3.63, 3.8) is 0 Å². The van der Waals surface area contributed by atoms with Gasteiger partial charge in [-0.05, 0) is 35.7 Å². The first kappa shape index (κ1) is 20.5. The number of benzene rings is 2. The molecule has 0 aliphatic carbocycles. The molecule has 1 aliphatic rings. The number of anilines is 2. The number of nitrogens with two attached hydrogens (primary N) is 1. The van der Waals surface area contributed by atoms with Gasteiger partial charge in [-0.1, -0.05) is 26.0 Å². The molecule has 0 spiro atoms. The number of hydrogen-bond donors (Lipinski definition) is 3. The number of ether oxygens (including phenoxy) is 2. The summed E-state index contributed by atoms with van der Waals surface area (Å²) in [6.45, 7) is 5.72. The summed E-state index contributed by atoms with van der Waals surface area (Å²) in [5.74, 6) is 2.06. The molecule has 4 N–H and O–H groups in total. The molecule has 0 radical (unpaired) electrons. The fraction of sp³-hybridized carbons (Fsp3) is 0.364. The smallest absolute Gasteiger partial charge is 0.224 e. The van der Waals surface area contributed by atoms with Crippen molar-refractivity contribution in [2.75, 3.05) is 23.8 Å². The zero-order chi connectivity index (χ0) is 20.6. The summed E-state index contributed by atoms with van der Waals surface area (Å²) >= 11 is 0. The Labute approximate surface area is 171 Å². The first-order chi connectivity index (χ1) is 14.0. The van der Waals surface area contributed by atoms with Crippen molar-refractivity contribution < 1.29 is 14.3 Å². The monoisotopic (exact) mass is 396 g/mol. The van der Waals surface area contributed by atoms with Gasteiger partial charge in [-0.25, -0.2) is 4.99 Å². The minimum Gasteiger partial charge on any atom is -0.490 e. The van der Waals surface area contributed by atoms with Crippen LogP contribution in [-0.2, 0) is 11.3 Å². The van der Waals surface area contributed by atoms with Crippen LogP contribution in [0, 0.1) is 5.92 Å². The Morgan fingerprint density at radius 1 is 1.07 bits per heavy atom. The molecule has 0 bridgehead atoms. The number of hydrogen-bond acceptors (Lipinski definition) is 4. The van der Waals surface area contributed by atoms with Crippen LogP contribution in [0.4, 0.5) is 11.4 Å². The lowest BCUT2D eigenvalue weighted by atomic mass is 10.1. The summed E-state index contributed by atoms with van der Waals surface area (Å²) < 4.78 is 11.3. The highest BCUT2D eigenvalue weighted by molar-refractivity contribution is 5.93. The number of aliphatic imine (C=N–C) groups is 1. The summed E-state index contributed by atoms with van der Waals surface area (Å²) in [5.41, 5.74) is 8.53. The van der Waals surface area contributed by atoms with Crippen molar-refractivity contribution in [3.05, 3.63) is 48.0 Å². The van der Waals surface area contributed by atoms with Gasteiger partial charge in [-0.15, -0.1) is 0 Å². The third-order valence-corrected chi connectivity index (χ3v) is 4.26. The van der Waals surface area contributed by atoms with Crippen molar-refractivity contribution >= 4 is 23.2 Å². The Bertz CT molecular complexity index is 880. The van der Waals surface area contributed by atoms with Crippen LogP contribution < -0.4 is 25.8 Å². The van der Waals surface area contributed by atoms with Crippen molar-refractivity contribution in [1.82, 2.24) is 0 Å². The molecule has 0 atom stereocenters. The highest BCUT2D eigenvalue weighted by atomic mass is 16.5. The van der Waals surface area contributed by atoms with E-state index in [0.29, 0.717) is 43.8 Å². The van der Waals surface area contributed by atoms with Gasteiger partial charge in [-0.2, -0.15) is 0 Å². The zero-order valence-corrected chi connectivity index (χ0v) is 16.9. The van der Waals surface area contributed by atoms with Crippen LogP contribution >= 0.6 is 0 Å². The van der Waals surface area contributed by atoms with Gasteiger partial charge in [0.05, 0.1) is 19.8 Å². The molecule has 1 aliphatic heterocycles. The molecule has 7 heteroatoms. The van der Waals surface area contributed by atoms with Gasteiger partial charge in [0, 0.05) is 30.3 Å². The lowest BCUT2D eigenvalue weighted by Gasteiger charge is -2.11. The molecule has 0 unspecified atom stereocenters. The van der Waals surface area contributed by atoms with Crippen LogP contribution in [0.25, 0.3) is 0 Å². The second kappa shape index (κ2) is 9.82. The predicted octanol–water partition coefficient (Wildman–Crippen LogP) is 3.76. The lowest BCUT2D eigenvalue weighted by Crippen LogP contribution is -2.22. The number of amides is 1. The Balaban J connectivity index is 1.59. The maximum atomic E-state index is 11.9. The molecule has 0 saturated heterocycles. The van der Waals surface area contributed by atoms with Crippen LogP contribution in [0.5, 0.6) is 11.5 Å². The van der Waals surface area contributed by atoms with E-state index < -0.39 is 0 Å². The van der Waals surface area contributed by atoms with E-state index >= 15 is 0 Å². The van der Waals surface area contributed by atoms with Gasteiger partial charge in [0.1, 0.15) is 0 Å². The van der Waals surface area contributed by atoms with Gasteiger partial charge >= 0.3 is 0 Å². The Kier molecular flexibility index (Phi) is 6.94. The molecule has 3 rings (SSSR count). The molecule has 2 aromatic carbocycles. The number of nitrogens with one attached hydrogen (secondary N) is 2. The third kappa shape index (κ3) is 6.41. The number of carbonyl (C=O) groups excluding carboxylic acids is 1. The Hall–Kier alpha value is -3.22. The van der Waals surface area contributed by atoms with Crippen LogP contribution in [-0.4, -0.2) is 25.1 Å². The Morgan fingerprint density at radius 2 is 1.83 bits per heavy atom. The second-order valence-corrected chi connectivity index (χ2v) is 7.38. The van der Waals surface area contributed by atoms with Crippen LogP contribution in [0.3, 0.4) is 0 Å². The van der Waals surface area contributed by atoms with Crippen LogP contribution in [0.15, 0.2) is 47.5 Å². The maximum absolute atomic E-state index is 11.9. The minimum atomic E-state index is 0.0104. The fourth-order valence-electron chi connectivity index (χ4n) is 2.94. The average Bonchev–Trinajstić information content (AvgIpc) is 2.91. The number of nitrogens with zero attached hydrogens (tertiary/aromatic N) is 1. The van der Waals surface area contributed by atoms with Gasteiger partial charge in [0.15, 0.2) is 17.5 Å². The van der Waals surface area contributed by atoms with E-state index in [1.807, 2.05) is 56.3 Å². The van der Waals surface area contributed by atoms with E-state index in [-0.39, 0.29) is 5.91 Å². The quantitative estimate of drug-likeness (QED) is 0.510. The highest BCUT2D eigenvalue weighted by Gasteiger charge is 2.11. The lowest BCUT2D eigenvalue weighted by molar-refractivity contribution is -0.116. The average molecular weight is 396 g/mol. The summed E-state index contributed by atoms with van der Waals surface area (Å²) in [7, 11) is 0. The normalized spacial score (nSPS) is 13.7. The highest BCUT2D eigenvalue weighted by Crippen LogP contribution is 2.32. The second-order valence-electron chi connectivity index (χ2n) is 7.38. The first-order valence-electron chi connectivity index (χ1n) is 9.85. The molecule has 0 fully saturated rings. The van der Waals surface area contributed by atoms with Gasteiger partial charge in [0.25, 0.3) is 0 Å². The van der Waals surface area contributed by atoms with Gasteiger partial charge < -0.3 is 25.8 Å². The minimum absolute atomic E-state index is 0.0104. The van der Waals surface area contributed by atoms with E-state index in [2.05, 4.69) is 15.6 Å². The summed E-state index contributed by atoms with van der Waals surface area (Å²) in [6.07, 6.45) is 1.35. The van der Waals surface area contributed by atoms with E-state index in [4.69, 9.17) is 15.2 Å². The van der Waals surface area contributed by atoms with Crippen molar-refractivity contribution in [3.8, 4) is 11.5 Å². The maximum Gasteiger partial charge on any atom is 0.224 e. The summed E-state index contributed by atoms with van der Waals surface area (Å²) in [6, 6.07) is 13.2. The number of fused-ring (bicyclic) bond motifs is 1. The molecule has 154 valence electrons. The molecule has 7 nitrogen and oxygen atoms in total. The SMILES string of the molecule is CC(C)CC(=O)Nc1cccc(CN=C(N)Nc2ccc3c(c2)OCCCO3)c1. The number of rotatable bonds is 6. The van der Waals surface area contributed by atoms with Gasteiger partial charge in [-0.3, -0.25) is 4.79 Å². The zero-order valence-electron chi connectivity index (χ0n) is 16.9. The molecule has 0 saturated carbocycles. The molecular weight excluding hydrogens is 368 g/mol. The van der Waals surface area contributed by atoms with E-state index in [9.17, 15) is 4.79 Å². The molecular formula is C22H28N4O3. The molecule has 0 aromatic heterocycles. The van der Waals surface area contributed by atoms with Crippen LogP contribution in [0.2, 0.25) is 0 Å². The number of carbonyl (C=O) groups is 1. The fourth-order valence-corrected chi connectivity index (χ4v) is 2.94. The first-order valence-corrected chi connectivity index (χ1v) is 9.85. The van der Waals surface area contributed by atoms with Crippen molar-refractivity contribution in [2.45, 2.75) is 33.2 Å². The molecule has 1 amide bonds. The molecule has 2 aromatic rings. The third-order valence-electron chi connectivity index (χ3n) is 4.26. The number of guanidine groups is 1. The largest absolute Gasteiger partial charge is 0.490 e. The van der Waals surface area contributed by atoms with E-state index in [0.717, 1.165) is 29.1 Å². The van der Waals surface area contributed by atoms with E-state index in [1.54, 1.807) is 0 Å². The van der Waals surface area contributed by atoms with Crippen LogP contribution in [0.1, 0.15) is 32.3 Å². The van der Waals surface area contributed by atoms with Crippen molar-refractivity contribution in [2.24, 2.45) is 16.6 Å². The predicted molar refractivity (Wildman–Crippen MR) is 116 cm³/mol. The molecule has 1 heterocycles. The van der Waals surface area contributed by atoms with Gasteiger partial charge in [0.2, 0.25) is 5.91 Å².